The smallest absolute Gasteiger partial charge is 0.257 e. The van der Waals surface area contributed by atoms with Crippen molar-refractivity contribution in [3.63, 3.8) is 0 Å². The number of carbonyl (C=O) groups is 1. The highest BCUT2D eigenvalue weighted by Gasteiger charge is 2.28. The molecule has 3 rings (SSSR count). The van der Waals surface area contributed by atoms with Gasteiger partial charge in [-0.1, -0.05) is 20.8 Å². The molecule has 0 bridgehead atoms. The summed E-state index contributed by atoms with van der Waals surface area (Å²) in [6.45, 7) is 8.08. The number of anilines is 1. The second-order valence-electron chi connectivity index (χ2n) is 8.05. The van der Waals surface area contributed by atoms with E-state index in [-0.39, 0.29) is 17.4 Å². The molecule has 0 aliphatic carbocycles. The molecule has 1 saturated heterocycles. The molecule has 7 heteroatoms. The lowest BCUT2D eigenvalue weighted by atomic mass is 9.96. The SMILES string of the molecule is CN(C(=O)c1cnn(C)c1)C1CCCN(c2ccnc(C(C)(C)C)n2)C1. The van der Waals surface area contributed by atoms with Crippen LogP contribution in [0.2, 0.25) is 0 Å². The Bertz CT molecular complexity index is 778. The molecule has 0 saturated carbocycles. The molecule has 26 heavy (non-hydrogen) atoms. The Morgan fingerprint density at radius 3 is 2.77 bits per heavy atom. The van der Waals surface area contributed by atoms with E-state index in [1.807, 2.05) is 31.3 Å². The molecular weight excluding hydrogens is 328 g/mol. The van der Waals surface area contributed by atoms with Gasteiger partial charge >= 0.3 is 0 Å². The maximum atomic E-state index is 12.7. The summed E-state index contributed by atoms with van der Waals surface area (Å²) in [5.41, 5.74) is 0.544. The van der Waals surface area contributed by atoms with Gasteiger partial charge in [0.05, 0.1) is 11.8 Å². The molecule has 7 nitrogen and oxygen atoms in total. The van der Waals surface area contributed by atoms with Crippen molar-refractivity contribution in [3.8, 4) is 0 Å². The number of hydrogen-bond donors (Lipinski definition) is 0. The number of rotatable bonds is 3. The number of likely N-dealkylation sites (N-methyl/N-ethyl adjacent to an activating group) is 1. The molecule has 1 fully saturated rings. The average molecular weight is 356 g/mol. The van der Waals surface area contributed by atoms with Gasteiger partial charge < -0.3 is 9.80 Å². The van der Waals surface area contributed by atoms with Crippen LogP contribution in [0.5, 0.6) is 0 Å². The third-order valence-electron chi connectivity index (χ3n) is 4.85. The average Bonchev–Trinajstić information content (AvgIpc) is 3.06. The first kappa shape index (κ1) is 18.4. The Morgan fingerprint density at radius 2 is 2.12 bits per heavy atom. The van der Waals surface area contributed by atoms with E-state index < -0.39 is 0 Å². The zero-order valence-corrected chi connectivity index (χ0v) is 16.3. The second kappa shape index (κ2) is 7.05. The monoisotopic (exact) mass is 356 g/mol. The third kappa shape index (κ3) is 3.86. The Balaban J connectivity index is 1.74. The van der Waals surface area contributed by atoms with Crippen molar-refractivity contribution in [1.82, 2.24) is 24.6 Å². The minimum atomic E-state index is -0.0851. The fourth-order valence-corrected chi connectivity index (χ4v) is 3.27. The molecule has 3 heterocycles. The van der Waals surface area contributed by atoms with Crippen LogP contribution in [-0.2, 0) is 12.5 Å². The summed E-state index contributed by atoms with van der Waals surface area (Å²) in [5.74, 6) is 1.80. The second-order valence-corrected chi connectivity index (χ2v) is 8.05. The summed E-state index contributed by atoms with van der Waals surface area (Å²) < 4.78 is 1.66. The maximum Gasteiger partial charge on any atom is 0.257 e. The Kier molecular flexibility index (Phi) is 4.98. The summed E-state index contributed by atoms with van der Waals surface area (Å²) in [7, 11) is 3.70. The van der Waals surface area contributed by atoms with Crippen LogP contribution in [0.3, 0.4) is 0 Å². The highest BCUT2D eigenvalue weighted by Crippen LogP contribution is 2.24. The number of piperidine rings is 1. The molecule has 2 aromatic heterocycles. The van der Waals surface area contributed by atoms with Crippen LogP contribution in [0.15, 0.2) is 24.7 Å². The van der Waals surface area contributed by atoms with Crippen LogP contribution in [0.4, 0.5) is 5.82 Å². The zero-order chi connectivity index (χ0) is 18.9. The van der Waals surface area contributed by atoms with Crippen molar-refractivity contribution in [3.05, 3.63) is 36.0 Å². The number of nitrogens with zero attached hydrogens (tertiary/aromatic N) is 6. The van der Waals surface area contributed by atoms with Crippen LogP contribution >= 0.6 is 0 Å². The van der Waals surface area contributed by atoms with Crippen LogP contribution < -0.4 is 4.90 Å². The molecule has 1 amide bonds. The topological polar surface area (TPSA) is 67.2 Å². The molecule has 0 spiro atoms. The van der Waals surface area contributed by atoms with E-state index in [1.165, 1.54) is 0 Å². The van der Waals surface area contributed by atoms with Crippen LogP contribution in [0, 0.1) is 0 Å². The minimum Gasteiger partial charge on any atom is -0.354 e. The van der Waals surface area contributed by atoms with Gasteiger partial charge in [-0.15, -0.1) is 0 Å². The van der Waals surface area contributed by atoms with E-state index in [0.29, 0.717) is 5.56 Å². The van der Waals surface area contributed by atoms with Crippen LogP contribution in [0.1, 0.15) is 49.8 Å². The molecule has 0 aromatic carbocycles. The Hall–Kier alpha value is -2.44. The van der Waals surface area contributed by atoms with E-state index in [4.69, 9.17) is 4.98 Å². The van der Waals surface area contributed by atoms with E-state index in [1.54, 1.807) is 17.1 Å². The third-order valence-corrected chi connectivity index (χ3v) is 4.85. The molecule has 1 atom stereocenters. The summed E-state index contributed by atoms with van der Waals surface area (Å²) in [4.78, 5) is 26.0. The number of hydrogen-bond acceptors (Lipinski definition) is 5. The predicted octanol–water partition coefficient (Wildman–Crippen LogP) is 2.25. The van der Waals surface area contributed by atoms with Crippen molar-refractivity contribution >= 4 is 11.7 Å². The summed E-state index contributed by atoms with van der Waals surface area (Å²) in [5, 5.41) is 4.10. The van der Waals surface area contributed by atoms with E-state index in [2.05, 4.69) is 35.8 Å². The van der Waals surface area contributed by atoms with E-state index in [9.17, 15) is 4.79 Å². The molecule has 1 aliphatic heterocycles. The highest BCUT2D eigenvalue weighted by atomic mass is 16.2. The minimum absolute atomic E-state index is 0.0167. The lowest BCUT2D eigenvalue weighted by Crippen LogP contribution is -2.49. The number of amides is 1. The molecule has 1 unspecified atom stereocenters. The van der Waals surface area contributed by atoms with Gasteiger partial charge in [0.15, 0.2) is 0 Å². The van der Waals surface area contributed by atoms with Gasteiger partial charge in [0.25, 0.3) is 5.91 Å². The molecule has 140 valence electrons. The highest BCUT2D eigenvalue weighted by molar-refractivity contribution is 5.93. The van der Waals surface area contributed by atoms with Gasteiger partial charge in [-0.25, -0.2) is 9.97 Å². The molecular formula is C19H28N6O. The molecule has 1 aliphatic rings. The van der Waals surface area contributed by atoms with E-state index >= 15 is 0 Å². The predicted molar refractivity (Wildman–Crippen MR) is 101 cm³/mol. The van der Waals surface area contributed by atoms with Crippen molar-refractivity contribution in [2.45, 2.75) is 45.1 Å². The standard InChI is InChI=1S/C19H28N6O/c1-19(2,3)18-20-9-8-16(22-18)25-10-6-7-15(13-25)24(5)17(26)14-11-21-23(4)12-14/h8-9,11-12,15H,6-7,10,13H2,1-5H3. The van der Waals surface area contributed by atoms with Crippen LogP contribution in [0.25, 0.3) is 0 Å². The number of aromatic nitrogens is 4. The van der Waals surface area contributed by atoms with E-state index in [0.717, 1.165) is 37.6 Å². The maximum absolute atomic E-state index is 12.7. The molecule has 0 N–H and O–H groups in total. The summed E-state index contributed by atoms with van der Waals surface area (Å²) >= 11 is 0. The first-order valence-corrected chi connectivity index (χ1v) is 9.10. The number of carbonyl (C=O) groups excluding carboxylic acids is 1. The van der Waals surface area contributed by atoms with Gasteiger partial charge in [0.2, 0.25) is 0 Å². The van der Waals surface area contributed by atoms with Gasteiger partial charge in [-0.3, -0.25) is 9.48 Å². The summed E-state index contributed by atoms with van der Waals surface area (Å²) in [6.07, 6.45) is 7.25. The van der Waals surface area contributed by atoms with Gasteiger partial charge in [0, 0.05) is 51.0 Å². The zero-order valence-electron chi connectivity index (χ0n) is 16.3. The fourth-order valence-electron chi connectivity index (χ4n) is 3.27. The molecule has 0 radical (unpaired) electrons. The first-order chi connectivity index (χ1) is 12.3. The Labute approximate surface area is 155 Å². The van der Waals surface area contributed by atoms with Gasteiger partial charge in [-0.2, -0.15) is 5.10 Å². The molecule has 2 aromatic rings. The van der Waals surface area contributed by atoms with Crippen LogP contribution in [-0.4, -0.2) is 56.7 Å². The normalized spacial score (nSPS) is 18.0. The Morgan fingerprint density at radius 1 is 1.35 bits per heavy atom. The largest absolute Gasteiger partial charge is 0.354 e. The fraction of sp³-hybridized carbons (Fsp3) is 0.579. The first-order valence-electron chi connectivity index (χ1n) is 9.10. The van der Waals surface area contributed by atoms with Crippen molar-refractivity contribution < 1.29 is 4.79 Å². The lowest BCUT2D eigenvalue weighted by Gasteiger charge is -2.38. The van der Waals surface area contributed by atoms with Gasteiger partial charge in [0.1, 0.15) is 11.6 Å². The summed E-state index contributed by atoms with van der Waals surface area (Å²) in [6, 6.07) is 2.12. The van der Waals surface area contributed by atoms with Gasteiger partial charge in [-0.05, 0) is 18.9 Å². The van der Waals surface area contributed by atoms with Crippen molar-refractivity contribution in [1.29, 1.82) is 0 Å². The number of aryl methyl sites for hydroxylation is 1. The van der Waals surface area contributed by atoms with Crippen molar-refractivity contribution in [2.75, 3.05) is 25.0 Å². The quantitative estimate of drug-likeness (QED) is 0.844. The lowest BCUT2D eigenvalue weighted by molar-refractivity contribution is 0.0717. The van der Waals surface area contributed by atoms with Crippen molar-refractivity contribution in [2.24, 2.45) is 7.05 Å².